The number of aryl methyl sites for hydroxylation is 1. The molecule has 5 heteroatoms. The number of aromatic nitrogens is 2. The van der Waals surface area contributed by atoms with Crippen LogP contribution in [-0.2, 0) is 6.54 Å². The van der Waals surface area contributed by atoms with Gasteiger partial charge >= 0.3 is 0 Å². The summed E-state index contributed by atoms with van der Waals surface area (Å²) < 4.78 is 1.28. The van der Waals surface area contributed by atoms with Gasteiger partial charge in [0, 0.05) is 12.6 Å². The number of hydrogen-bond acceptors (Lipinski definition) is 4. The summed E-state index contributed by atoms with van der Waals surface area (Å²) in [6.45, 7) is 2.48. The molecule has 1 rings (SSSR count). The third-order valence-corrected chi connectivity index (χ3v) is 1.82. The van der Waals surface area contributed by atoms with Gasteiger partial charge in [-0.3, -0.25) is 4.79 Å². The van der Waals surface area contributed by atoms with E-state index in [1.807, 2.05) is 0 Å². The zero-order valence-corrected chi connectivity index (χ0v) is 8.40. The maximum Gasteiger partial charge on any atom is 0.266 e. The molecule has 0 saturated carbocycles. The average molecular weight is 197 g/mol. The highest BCUT2D eigenvalue weighted by molar-refractivity contribution is 4.97. The molecule has 1 aromatic heterocycles. The van der Waals surface area contributed by atoms with E-state index >= 15 is 0 Å². The van der Waals surface area contributed by atoms with Crippen molar-refractivity contribution in [3.05, 3.63) is 28.2 Å². The summed E-state index contributed by atoms with van der Waals surface area (Å²) in [5, 5.41) is 16.3. The van der Waals surface area contributed by atoms with Gasteiger partial charge in [0.25, 0.3) is 5.56 Å². The summed E-state index contributed by atoms with van der Waals surface area (Å²) in [7, 11) is 1.75. The minimum Gasteiger partial charge on any atom is -0.390 e. The Labute approximate surface area is 82.4 Å². The quantitative estimate of drug-likeness (QED) is 0.658. The second-order valence-corrected chi connectivity index (χ2v) is 3.21. The first-order chi connectivity index (χ1) is 6.63. The van der Waals surface area contributed by atoms with Gasteiger partial charge in [-0.15, -0.1) is 0 Å². The summed E-state index contributed by atoms with van der Waals surface area (Å²) in [6, 6.07) is 3.11. The summed E-state index contributed by atoms with van der Waals surface area (Å²) >= 11 is 0. The smallest absolute Gasteiger partial charge is 0.266 e. The fraction of sp³-hybridized carbons (Fsp3) is 0.556. The van der Waals surface area contributed by atoms with Crippen LogP contribution in [0.3, 0.4) is 0 Å². The first-order valence-electron chi connectivity index (χ1n) is 4.51. The molecule has 0 aromatic carbocycles. The molecule has 1 atom stereocenters. The van der Waals surface area contributed by atoms with Gasteiger partial charge in [-0.05, 0) is 20.0 Å². The lowest BCUT2D eigenvalue weighted by Crippen LogP contribution is -2.33. The summed E-state index contributed by atoms with van der Waals surface area (Å²) in [5.74, 6) is 0. The van der Waals surface area contributed by atoms with Crippen molar-refractivity contribution < 1.29 is 5.11 Å². The monoisotopic (exact) mass is 197 g/mol. The van der Waals surface area contributed by atoms with Crippen molar-refractivity contribution >= 4 is 0 Å². The highest BCUT2D eigenvalue weighted by atomic mass is 16.3. The van der Waals surface area contributed by atoms with Crippen LogP contribution in [0.2, 0.25) is 0 Å². The molecule has 0 bridgehead atoms. The van der Waals surface area contributed by atoms with Crippen LogP contribution in [0.4, 0.5) is 0 Å². The number of rotatable bonds is 4. The third-order valence-electron chi connectivity index (χ3n) is 1.82. The summed E-state index contributed by atoms with van der Waals surface area (Å²) in [6.07, 6.45) is -0.591. The first kappa shape index (κ1) is 10.9. The molecule has 0 aliphatic heterocycles. The molecule has 1 aromatic rings. The molecule has 1 unspecified atom stereocenters. The van der Waals surface area contributed by atoms with Crippen LogP contribution < -0.4 is 10.9 Å². The Balaban J connectivity index is 2.75. The second kappa shape index (κ2) is 4.88. The van der Waals surface area contributed by atoms with Crippen molar-refractivity contribution in [2.75, 3.05) is 13.6 Å². The summed E-state index contributed by atoms with van der Waals surface area (Å²) in [4.78, 5) is 11.3. The van der Waals surface area contributed by atoms with Crippen molar-refractivity contribution in [3.63, 3.8) is 0 Å². The predicted octanol–water partition coefficient (Wildman–Crippen LogP) is -0.868. The number of nitrogens with zero attached hydrogens (tertiary/aromatic N) is 2. The Hall–Kier alpha value is -1.20. The fourth-order valence-corrected chi connectivity index (χ4v) is 1.18. The van der Waals surface area contributed by atoms with Crippen molar-refractivity contribution in [2.24, 2.45) is 0 Å². The number of aliphatic hydroxyl groups excluding tert-OH is 1. The van der Waals surface area contributed by atoms with E-state index in [1.54, 1.807) is 20.0 Å². The van der Waals surface area contributed by atoms with Crippen molar-refractivity contribution in [2.45, 2.75) is 19.6 Å². The van der Waals surface area contributed by atoms with E-state index in [0.29, 0.717) is 6.54 Å². The molecule has 0 amide bonds. The lowest BCUT2D eigenvalue weighted by Gasteiger charge is -2.10. The van der Waals surface area contributed by atoms with Crippen LogP contribution in [0, 0.1) is 6.92 Å². The van der Waals surface area contributed by atoms with E-state index in [2.05, 4.69) is 10.4 Å². The summed E-state index contributed by atoms with van der Waals surface area (Å²) in [5.41, 5.74) is 0.576. The lowest BCUT2D eigenvalue weighted by atomic mass is 10.3. The number of aliphatic hydroxyl groups is 1. The predicted molar refractivity (Wildman–Crippen MR) is 53.2 cm³/mol. The van der Waals surface area contributed by atoms with E-state index in [-0.39, 0.29) is 12.1 Å². The van der Waals surface area contributed by atoms with Gasteiger partial charge in [-0.1, -0.05) is 0 Å². The molecule has 2 N–H and O–H groups in total. The molecule has 5 nitrogen and oxygen atoms in total. The van der Waals surface area contributed by atoms with Crippen LogP contribution in [0.1, 0.15) is 5.69 Å². The molecule has 0 aliphatic carbocycles. The molecule has 1 heterocycles. The van der Waals surface area contributed by atoms with Crippen LogP contribution in [0.25, 0.3) is 0 Å². The van der Waals surface area contributed by atoms with Gasteiger partial charge in [0.1, 0.15) is 0 Å². The van der Waals surface area contributed by atoms with Crippen LogP contribution in [0.15, 0.2) is 16.9 Å². The Morgan fingerprint density at radius 3 is 3.00 bits per heavy atom. The SMILES string of the molecule is CNCC(O)Cn1nc(C)ccc1=O. The highest BCUT2D eigenvalue weighted by Gasteiger charge is 2.05. The van der Waals surface area contributed by atoms with Gasteiger partial charge in [0.15, 0.2) is 0 Å². The van der Waals surface area contributed by atoms with Crippen LogP contribution in [-0.4, -0.2) is 34.6 Å². The largest absolute Gasteiger partial charge is 0.390 e. The van der Waals surface area contributed by atoms with Crippen LogP contribution >= 0.6 is 0 Å². The Morgan fingerprint density at radius 1 is 1.64 bits per heavy atom. The number of nitrogens with one attached hydrogen (secondary N) is 1. The van der Waals surface area contributed by atoms with Crippen molar-refractivity contribution in [3.8, 4) is 0 Å². The van der Waals surface area contributed by atoms with Crippen molar-refractivity contribution in [1.82, 2.24) is 15.1 Å². The molecule has 0 aliphatic rings. The molecule has 14 heavy (non-hydrogen) atoms. The third kappa shape index (κ3) is 2.93. The zero-order valence-electron chi connectivity index (χ0n) is 8.40. The Morgan fingerprint density at radius 2 is 2.36 bits per heavy atom. The first-order valence-corrected chi connectivity index (χ1v) is 4.51. The van der Waals surface area contributed by atoms with Crippen LogP contribution in [0.5, 0.6) is 0 Å². The van der Waals surface area contributed by atoms with E-state index in [1.165, 1.54) is 10.7 Å². The van der Waals surface area contributed by atoms with E-state index < -0.39 is 6.10 Å². The maximum absolute atomic E-state index is 11.3. The standard InChI is InChI=1S/C9H15N3O2/c1-7-3-4-9(14)12(11-7)6-8(13)5-10-2/h3-4,8,10,13H,5-6H2,1-2H3. The molecular weight excluding hydrogens is 182 g/mol. The van der Waals surface area contributed by atoms with Gasteiger partial charge in [0.2, 0.25) is 0 Å². The molecule has 78 valence electrons. The normalized spacial score (nSPS) is 12.8. The van der Waals surface area contributed by atoms with Gasteiger partial charge in [-0.2, -0.15) is 5.10 Å². The molecule has 0 radical (unpaired) electrons. The molecule has 0 fully saturated rings. The zero-order chi connectivity index (χ0) is 10.6. The minimum absolute atomic E-state index is 0.189. The van der Waals surface area contributed by atoms with E-state index in [9.17, 15) is 9.90 Å². The average Bonchev–Trinajstić information content (AvgIpc) is 2.12. The van der Waals surface area contributed by atoms with E-state index in [0.717, 1.165) is 5.69 Å². The maximum atomic E-state index is 11.3. The van der Waals surface area contributed by atoms with Gasteiger partial charge in [-0.25, -0.2) is 4.68 Å². The lowest BCUT2D eigenvalue weighted by molar-refractivity contribution is 0.147. The number of hydrogen-bond donors (Lipinski definition) is 2. The number of likely N-dealkylation sites (N-methyl/N-ethyl adjacent to an activating group) is 1. The molecule has 0 saturated heterocycles. The topological polar surface area (TPSA) is 67.2 Å². The fourth-order valence-electron chi connectivity index (χ4n) is 1.18. The highest BCUT2D eigenvalue weighted by Crippen LogP contribution is 1.89. The Kier molecular flexibility index (Phi) is 3.79. The van der Waals surface area contributed by atoms with Crippen molar-refractivity contribution in [1.29, 1.82) is 0 Å². The van der Waals surface area contributed by atoms with E-state index in [4.69, 9.17) is 0 Å². The minimum atomic E-state index is -0.591. The van der Waals surface area contributed by atoms with Gasteiger partial charge in [0.05, 0.1) is 18.3 Å². The molecular formula is C9H15N3O2. The Bertz CT molecular complexity index is 348. The molecule has 0 spiro atoms. The second-order valence-electron chi connectivity index (χ2n) is 3.21. The van der Waals surface area contributed by atoms with Gasteiger partial charge < -0.3 is 10.4 Å².